The molecule has 5 nitrogen and oxygen atoms in total. The third-order valence-corrected chi connectivity index (χ3v) is 3.63. The lowest BCUT2D eigenvalue weighted by atomic mass is 10.1. The molecule has 0 aliphatic heterocycles. The van der Waals surface area contributed by atoms with Crippen molar-refractivity contribution in [1.29, 1.82) is 5.26 Å². The highest BCUT2D eigenvalue weighted by Crippen LogP contribution is 2.18. The Labute approximate surface area is 149 Å². The van der Waals surface area contributed by atoms with Crippen LogP contribution in [0.2, 0.25) is 0 Å². The van der Waals surface area contributed by atoms with Crippen LogP contribution in [0.4, 0.5) is 14.5 Å². The quantitative estimate of drug-likeness (QED) is 0.611. The summed E-state index contributed by atoms with van der Waals surface area (Å²) in [5, 5.41) is 14.3. The molecule has 0 saturated heterocycles. The average molecular weight is 357 g/mol. The number of methoxy groups -OCH3 is 1. The Morgan fingerprint density at radius 2 is 1.92 bits per heavy atom. The Balaban J connectivity index is 2.07. The van der Waals surface area contributed by atoms with Crippen LogP contribution in [0.1, 0.15) is 18.5 Å². The van der Waals surface area contributed by atoms with Gasteiger partial charge in [-0.05, 0) is 36.8 Å². The lowest BCUT2D eigenvalue weighted by molar-refractivity contribution is -0.117. The normalized spacial score (nSPS) is 12.0. The molecule has 0 fully saturated rings. The molecule has 2 N–H and O–H groups in total. The molecule has 0 saturated carbocycles. The van der Waals surface area contributed by atoms with E-state index in [1.54, 1.807) is 44.4 Å². The zero-order valence-corrected chi connectivity index (χ0v) is 14.2. The van der Waals surface area contributed by atoms with Crippen LogP contribution in [0.5, 0.6) is 5.75 Å². The smallest absolute Gasteiger partial charge is 0.263 e. The van der Waals surface area contributed by atoms with Crippen molar-refractivity contribution in [2.24, 2.45) is 0 Å². The van der Waals surface area contributed by atoms with E-state index < -0.39 is 17.5 Å². The van der Waals surface area contributed by atoms with Gasteiger partial charge in [-0.1, -0.05) is 12.1 Å². The maximum Gasteiger partial charge on any atom is 0.263 e. The number of ether oxygens (including phenoxy) is 1. The van der Waals surface area contributed by atoms with Crippen molar-refractivity contribution in [2.45, 2.75) is 13.0 Å². The van der Waals surface area contributed by atoms with E-state index in [4.69, 9.17) is 10.00 Å². The molecule has 2 aromatic carbocycles. The molecule has 1 atom stereocenters. The van der Waals surface area contributed by atoms with Crippen LogP contribution in [0.25, 0.3) is 0 Å². The lowest BCUT2D eigenvalue weighted by Crippen LogP contribution is -2.28. The lowest BCUT2D eigenvalue weighted by Gasteiger charge is -2.14. The minimum absolute atomic E-state index is 0.172. The van der Waals surface area contributed by atoms with Gasteiger partial charge in [0.25, 0.3) is 5.91 Å². The third-order valence-electron chi connectivity index (χ3n) is 3.63. The van der Waals surface area contributed by atoms with Gasteiger partial charge in [-0.15, -0.1) is 0 Å². The average Bonchev–Trinajstić information content (AvgIpc) is 2.64. The number of carbonyl (C=O) groups excluding carboxylic acids is 1. The van der Waals surface area contributed by atoms with Gasteiger partial charge >= 0.3 is 0 Å². The molecule has 1 amide bonds. The van der Waals surface area contributed by atoms with Gasteiger partial charge in [0, 0.05) is 12.3 Å². The van der Waals surface area contributed by atoms with Crippen molar-refractivity contribution in [2.75, 3.05) is 12.4 Å². The summed E-state index contributed by atoms with van der Waals surface area (Å²) in [6.07, 6.45) is 1.04. The zero-order chi connectivity index (χ0) is 19.1. The second-order valence-electron chi connectivity index (χ2n) is 5.41. The number of amides is 1. The molecule has 0 aliphatic rings. The predicted molar refractivity (Wildman–Crippen MR) is 93.2 cm³/mol. The van der Waals surface area contributed by atoms with E-state index in [-0.39, 0.29) is 17.3 Å². The monoisotopic (exact) mass is 357 g/mol. The number of benzene rings is 2. The van der Waals surface area contributed by atoms with Gasteiger partial charge in [-0.3, -0.25) is 4.79 Å². The Bertz CT molecular complexity index is 858. The first-order valence-electron chi connectivity index (χ1n) is 7.71. The molecular formula is C19H17F2N3O2. The number of rotatable bonds is 6. The first-order chi connectivity index (χ1) is 12.4. The molecule has 2 aromatic rings. The second kappa shape index (κ2) is 8.62. The van der Waals surface area contributed by atoms with Gasteiger partial charge < -0.3 is 15.4 Å². The largest absolute Gasteiger partial charge is 0.497 e. The van der Waals surface area contributed by atoms with Gasteiger partial charge in [0.2, 0.25) is 0 Å². The van der Waals surface area contributed by atoms with Crippen molar-refractivity contribution >= 4 is 11.6 Å². The van der Waals surface area contributed by atoms with E-state index >= 15 is 0 Å². The fourth-order valence-electron chi connectivity index (χ4n) is 2.16. The van der Waals surface area contributed by atoms with E-state index in [0.29, 0.717) is 5.75 Å². The first-order valence-corrected chi connectivity index (χ1v) is 7.71. The third kappa shape index (κ3) is 4.80. The molecule has 134 valence electrons. The van der Waals surface area contributed by atoms with E-state index in [2.05, 4.69) is 10.6 Å². The number of nitrogens with zero attached hydrogens (tertiary/aromatic N) is 1. The molecule has 0 aliphatic carbocycles. The fourth-order valence-corrected chi connectivity index (χ4v) is 2.16. The van der Waals surface area contributed by atoms with Gasteiger partial charge in [0.1, 0.15) is 29.0 Å². The number of hydrogen-bond acceptors (Lipinski definition) is 4. The summed E-state index contributed by atoms with van der Waals surface area (Å²) in [6.45, 7) is 1.76. The van der Waals surface area contributed by atoms with Gasteiger partial charge in [0.15, 0.2) is 0 Å². The van der Waals surface area contributed by atoms with Crippen LogP contribution in [-0.4, -0.2) is 13.0 Å². The van der Waals surface area contributed by atoms with Crippen molar-refractivity contribution in [3.63, 3.8) is 0 Å². The topological polar surface area (TPSA) is 74.1 Å². The maximum atomic E-state index is 13.6. The molecule has 0 radical (unpaired) electrons. The van der Waals surface area contributed by atoms with Gasteiger partial charge in [-0.2, -0.15) is 5.26 Å². The van der Waals surface area contributed by atoms with Gasteiger partial charge in [0.05, 0.1) is 18.8 Å². The summed E-state index contributed by atoms with van der Waals surface area (Å²) < 4.78 is 31.8. The van der Waals surface area contributed by atoms with E-state index in [1.165, 1.54) is 0 Å². The van der Waals surface area contributed by atoms with E-state index in [0.717, 1.165) is 30.0 Å². The molecule has 0 bridgehead atoms. The Morgan fingerprint density at radius 1 is 1.23 bits per heavy atom. The summed E-state index contributed by atoms with van der Waals surface area (Å²) in [5.74, 6) is -1.29. The highest BCUT2D eigenvalue weighted by atomic mass is 19.1. The molecular weight excluding hydrogens is 340 g/mol. The summed E-state index contributed by atoms with van der Waals surface area (Å²) in [5.41, 5.74) is 0.378. The number of hydrogen-bond donors (Lipinski definition) is 2. The SMILES string of the molecule is COc1ccc(C(C)NC(=O)/C(C#N)=C\Nc2cc(F)ccc2F)cc1. The summed E-state index contributed by atoms with van der Waals surface area (Å²) in [6, 6.07) is 11.3. The Morgan fingerprint density at radius 3 is 2.54 bits per heavy atom. The summed E-state index contributed by atoms with van der Waals surface area (Å²) >= 11 is 0. The van der Waals surface area contributed by atoms with Crippen LogP contribution in [0, 0.1) is 23.0 Å². The number of anilines is 1. The van der Waals surface area contributed by atoms with E-state index in [1.807, 2.05) is 0 Å². The number of carbonyl (C=O) groups is 1. The highest BCUT2D eigenvalue weighted by molar-refractivity contribution is 5.97. The van der Waals surface area contributed by atoms with Crippen molar-refractivity contribution in [3.8, 4) is 11.8 Å². The van der Waals surface area contributed by atoms with Crippen LogP contribution in [0.3, 0.4) is 0 Å². The summed E-state index contributed by atoms with van der Waals surface area (Å²) in [4.78, 5) is 12.2. The molecule has 0 spiro atoms. The van der Waals surface area contributed by atoms with Crippen molar-refractivity contribution in [1.82, 2.24) is 5.32 Å². The first kappa shape index (κ1) is 18.9. The van der Waals surface area contributed by atoms with Crippen LogP contribution in [0.15, 0.2) is 54.2 Å². The standard InChI is InChI=1S/C19H17F2N3O2/c1-12(13-3-6-16(26-2)7-4-13)24-19(25)14(10-22)11-23-18-9-15(20)5-8-17(18)21/h3-9,11-12,23H,1-2H3,(H,24,25)/b14-11-. The number of nitriles is 1. The van der Waals surface area contributed by atoms with Crippen molar-refractivity contribution in [3.05, 3.63) is 71.4 Å². The number of halogens is 2. The van der Waals surface area contributed by atoms with Crippen molar-refractivity contribution < 1.29 is 18.3 Å². The molecule has 0 aromatic heterocycles. The second-order valence-corrected chi connectivity index (χ2v) is 5.41. The highest BCUT2D eigenvalue weighted by Gasteiger charge is 2.14. The van der Waals surface area contributed by atoms with Gasteiger partial charge in [-0.25, -0.2) is 8.78 Å². The van der Waals surface area contributed by atoms with Crippen LogP contribution >= 0.6 is 0 Å². The predicted octanol–water partition coefficient (Wildman–Crippen LogP) is 3.67. The van der Waals surface area contributed by atoms with Crippen LogP contribution in [-0.2, 0) is 4.79 Å². The fraction of sp³-hybridized carbons (Fsp3) is 0.158. The Kier molecular flexibility index (Phi) is 6.28. The minimum atomic E-state index is -0.702. The van der Waals surface area contributed by atoms with Crippen LogP contribution < -0.4 is 15.4 Å². The minimum Gasteiger partial charge on any atom is -0.497 e. The molecule has 2 rings (SSSR count). The number of nitrogens with one attached hydrogen (secondary N) is 2. The molecule has 0 heterocycles. The van der Waals surface area contributed by atoms with E-state index in [9.17, 15) is 13.6 Å². The molecule has 1 unspecified atom stereocenters. The molecule has 26 heavy (non-hydrogen) atoms. The summed E-state index contributed by atoms with van der Waals surface area (Å²) in [7, 11) is 1.55. The zero-order valence-electron chi connectivity index (χ0n) is 14.2. The maximum absolute atomic E-state index is 13.6. The molecule has 7 heteroatoms. The Hall–Kier alpha value is -3.40.